The Bertz CT molecular complexity index is 502. The lowest BCUT2D eigenvalue weighted by Crippen LogP contribution is -2.24. The molecule has 0 spiro atoms. The van der Waals surface area contributed by atoms with Crippen LogP contribution < -0.4 is 10.1 Å². The highest BCUT2D eigenvalue weighted by Crippen LogP contribution is 2.29. The molecule has 1 aromatic carbocycles. The molecular weight excluding hydrogens is 238 g/mol. The van der Waals surface area contributed by atoms with Crippen molar-refractivity contribution in [1.29, 1.82) is 0 Å². The first-order valence-electron chi connectivity index (χ1n) is 6.48. The van der Waals surface area contributed by atoms with Gasteiger partial charge in [0, 0.05) is 23.5 Å². The van der Waals surface area contributed by atoms with Crippen LogP contribution >= 0.6 is 0 Å². The first kappa shape index (κ1) is 13.5. The average molecular weight is 257 g/mol. The van der Waals surface area contributed by atoms with Crippen molar-refractivity contribution in [3.63, 3.8) is 0 Å². The van der Waals surface area contributed by atoms with Gasteiger partial charge in [0.1, 0.15) is 12.1 Å². The molecule has 0 fully saturated rings. The molecule has 100 valence electrons. The number of hydrogen-bond acceptors (Lipinski definition) is 4. The maximum absolute atomic E-state index is 5.45. The Morgan fingerprint density at radius 2 is 1.95 bits per heavy atom. The minimum absolute atomic E-state index is 0.0531. The number of rotatable bonds is 6. The third kappa shape index (κ3) is 3.29. The van der Waals surface area contributed by atoms with E-state index in [9.17, 15) is 0 Å². The Kier molecular flexibility index (Phi) is 4.86. The minimum atomic E-state index is 0.0531. The fourth-order valence-corrected chi connectivity index (χ4v) is 2.06. The Labute approximate surface area is 113 Å². The van der Waals surface area contributed by atoms with Crippen LogP contribution in [0.25, 0.3) is 0 Å². The van der Waals surface area contributed by atoms with E-state index in [1.165, 1.54) is 0 Å². The van der Waals surface area contributed by atoms with E-state index in [1.807, 2.05) is 30.6 Å². The van der Waals surface area contributed by atoms with Crippen molar-refractivity contribution in [2.45, 2.75) is 19.4 Å². The fourth-order valence-electron chi connectivity index (χ4n) is 2.06. The van der Waals surface area contributed by atoms with Crippen molar-refractivity contribution in [2.24, 2.45) is 0 Å². The Hall–Kier alpha value is -1.94. The van der Waals surface area contributed by atoms with Crippen LogP contribution in [0.5, 0.6) is 5.75 Å². The van der Waals surface area contributed by atoms with Crippen molar-refractivity contribution in [3.8, 4) is 5.75 Å². The molecular formula is C15H19N3O. The summed E-state index contributed by atoms with van der Waals surface area (Å²) in [4.78, 5) is 8.21. The summed E-state index contributed by atoms with van der Waals surface area (Å²) in [7, 11) is 1.69. The molecule has 1 unspecified atom stereocenters. The lowest BCUT2D eigenvalue weighted by Gasteiger charge is -2.21. The number of nitrogens with zero attached hydrogens (tertiary/aromatic N) is 2. The summed E-state index contributed by atoms with van der Waals surface area (Å²) >= 11 is 0. The second kappa shape index (κ2) is 6.85. The van der Waals surface area contributed by atoms with Gasteiger partial charge in [0.2, 0.25) is 0 Å². The van der Waals surface area contributed by atoms with Crippen LogP contribution in [-0.2, 0) is 0 Å². The van der Waals surface area contributed by atoms with Crippen molar-refractivity contribution in [3.05, 3.63) is 54.1 Å². The molecule has 2 rings (SSSR count). The smallest absolute Gasteiger partial charge is 0.123 e. The molecule has 0 amide bonds. The monoisotopic (exact) mass is 257 g/mol. The summed E-state index contributed by atoms with van der Waals surface area (Å²) < 4.78 is 5.45. The van der Waals surface area contributed by atoms with Gasteiger partial charge in [-0.15, -0.1) is 0 Å². The number of ether oxygens (including phenoxy) is 1. The molecule has 2 aromatic rings. The number of hydrogen-bond donors (Lipinski definition) is 1. The third-order valence-electron chi connectivity index (χ3n) is 2.96. The van der Waals surface area contributed by atoms with Crippen LogP contribution in [0.15, 0.2) is 43.0 Å². The van der Waals surface area contributed by atoms with Crippen LogP contribution in [0.1, 0.15) is 30.5 Å². The fraction of sp³-hybridized carbons (Fsp3) is 0.333. The van der Waals surface area contributed by atoms with E-state index in [4.69, 9.17) is 4.74 Å². The molecule has 0 saturated heterocycles. The first-order chi connectivity index (χ1) is 9.36. The van der Waals surface area contributed by atoms with E-state index in [0.717, 1.165) is 29.8 Å². The van der Waals surface area contributed by atoms with Gasteiger partial charge in [-0.1, -0.05) is 25.1 Å². The third-order valence-corrected chi connectivity index (χ3v) is 2.96. The Balaban J connectivity index is 2.37. The molecule has 19 heavy (non-hydrogen) atoms. The van der Waals surface area contributed by atoms with E-state index in [-0.39, 0.29) is 6.04 Å². The molecule has 4 nitrogen and oxygen atoms in total. The summed E-state index contributed by atoms with van der Waals surface area (Å²) in [6, 6.07) is 8.08. The normalized spacial score (nSPS) is 12.1. The maximum atomic E-state index is 5.45. The van der Waals surface area contributed by atoms with E-state index in [1.54, 1.807) is 13.4 Å². The summed E-state index contributed by atoms with van der Waals surface area (Å²) in [6.45, 7) is 3.07. The van der Waals surface area contributed by atoms with Gasteiger partial charge in [-0.3, -0.25) is 0 Å². The quantitative estimate of drug-likeness (QED) is 0.864. The van der Waals surface area contributed by atoms with Crippen LogP contribution in [-0.4, -0.2) is 23.6 Å². The zero-order valence-electron chi connectivity index (χ0n) is 11.3. The molecule has 0 saturated carbocycles. The lowest BCUT2D eigenvalue weighted by molar-refractivity contribution is 0.403. The predicted molar refractivity (Wildman–Crippen MR) is 75.2 cm³/mol. The van der Waals surface area contributed by atoms with Gasteiger partial charge in [-0.25, -0.2) is 9.97 Å². The van der Waals surface area contributed by atoms with Crippen molar-refractivity contribution in [1.82, 2.24) is 15.3 Å². The van der Waals surface area contributed by atoms with Gasteiger partial charge in [-0.2, -0.15) is 0 Å². The zero-order valence-corrected chi connectivity index (χ0v) is 11.3. The summed E-state index contributed by atoms with van der Waals surface area (Å²) in [5.74, 6) is 0.875. The first-order valence-corrected chi connectivity index (χ1v) is 6.48. The molecule has 1 aromatic heterocycles. The van der Waals surface area contributed by atoms with Gasteiger partial charge in [0.05, 0.1) is 13.2 Å². The van der Waals surface area contributed by atoms with Crippen LogP contribution in [0.3, 0.4) is 0 Å². The Morgan fingerprint density at radius 1 is 1.21 bits per heavy atom. The van der Waals surface area contributed by atoms with Gasteiger partial charge in [0.15, 0.2) is 0 Å². The van der Waals surface area contributed by atoms with Crippen molar-refractivity contribution < 1.29 is 4.74 Å². The van der Waals surface area contributed by atoms with E-state index in [0.29, 0.717) is 0 Å². The van der Waals surface area contributed by atoms with Gasteiger partial charge >= 0.3 is 0 Å². The molecule has 0 aliphatic carbocycles. The topological polar surface area (TPSA) is 47.0 Å². The van der Waals surface area contributed by atoms with Crippen LogP contribution in [0, 0.1) is 0 Å². The minimum Gasteiger partial charge on any atom is -0.496 e. The van der Waals surface area contributed by atoms with Crippen molar-refractivity contribution >= 4 is 0 Å². The SMILES string of the molecule is CCCNC(c1cncnc1)c1ccccc1OC. The highest BCUT2D eigenvalue weighted by molar-refractivity contribution is 5.40. The molecule has 0 aliphatic heterocycles. The van der Waals surface area contributed by atoms with Gasteiger partial charge in [-0.05, 0) is 19.0 Å². The highest BCUT2D eigenvalue weighted by Gasteiger charge is 2.17. The molecule has 1 N–H and O–H groups in total. The van der Waals surface area contributed by atoms with E-state index in [2.05, 4.69) is 28.3 Å². The molecule has 1 atom stereocenters. The molecule has 1 heterocycles. The second-order valence-corrected chi connectivity index (χ2v) is 4.30. The van der Waals surface area contributed by atoms with E-state index < -0.39 is 0 Å². The average Bonchev–Trinajstić information content (AvgIpc) is 2.49. The Morgan fingerprint density at radius 3 is 2.63 bits per heavy atom. The number of methoxy groups -OCH3 is 1. The largest absolute Gasteiger partial charge is 0.496 e. The highest BCUT2D eigenvalue weighted by atomic mass is 16.5. The second-order valence-electron chi connectivity index (χ2n) is 4.30. The lowest BCUT2D eigenvalue weighted by atomic mass is 10.00. The van der Waals surface area contributed by atoms with Crippen LogP contribution in [0.4, 0.5) is 0 Å². The van der Waals surface area contributed by atoms with Crippen LogP contribution in [0.2, 0.25) is 0 Å². The zero-order chi connectivity index (χ0) is 13.5. The number of nitrogens with one attached hydrogen (secondary N) is 1. The van der Waals surface area contributed by atoms with Gasteiger partial charge in [0.25, 0.3) is 0 Å². The number of para-hydroxylation sites is 1. The summed E-state index contributed by atoms with van der Waals surface area (Å²) in [5, 5.41) is 3.52. The van der Waals surface area contributed by atoms with Crippen molar-refractivity contribution in [2.75, 3.05) is 13.7 Å². The summed E-state index contributed by atoms with van der Waals surface area (Å²) in [5.41, 5.74) is 2.15. The molecule has 4 heteroatoms. The number of aromatic nitrogens is 2. The predicted octanol–water partition coefficient (Wildman–Crippen LogP) is 2.57. The maximum Gasteiger partial charge on any atom is 0.123 e. The van der Waals surface area contributed by atoms with E-state index >= 15 is 0 Å². The molecule has 0 aliphatic rings. The standard InChI is InChI=1S/C15H19N3O/c1-3-8-18-15(12-9-16-11-17-10-12)13-6-4-5-7-14(13)19-2/h4-7,9-11,15,18H,3,8H2,1-2H3. The molecule has 0 bridgehead atoms. The van der Waals surface area contributed by atoms with Gasteiger partial charge < -0.3 is 10.1 Å². The molecule has 0 radical (unpaired) electrons. The summed E-state index contributed by atoms with van der Waals surface area (Å²) in [6.07, 6.45) is 6.29. The number of benzene rings is 1.